The molecule has 4 heteroatoms. The second kappa shape index (κ2) is 5.32. The second-order valence-corrected chi connectivity index (χ2v) is 5.67. The van der Waals surface area contributed by atoms with E-state index in [1.807, 2.05) is 54.6 Å². The van der Waals surface area contributed by atoms with Crippen LogP contribution in [0, 0.1) is 13.8 Å². The zero-order valence-corrected chi connectivity index (χ0v) is 13.1. The maximum atomic E-state index is 4.58. The molecular weight excluding hydrogens is 284 g/mol. The molecular formula is C19H16N4. The topological polar surface area (TPSA) is 43.6 Å². The predicted molar refractivity (Wildman–Crippen MR) is 91.6 cm³/mol. The molecule has 4 aromatic rings. The lowest BCUT2D eigenvalue weighted by atomic mass is 10.1. The molecule has 1 aromatic carbocycles. The second-order valence-electron chi connectivity index (χ2n) is 5.67. The van der Waals surface area contributed by atoms with Crippen LogP contribution in [0.15, 0.2) is 61.2 Å². The first-order chi connectivity index (χ1) is 11.2. The summed E-state index contributed by atoms with van der Waals surface area (Å²) in [4.78, 5) is 8.93. The summed E-state index contributed by atoms with van der Waals surface area (Å²) in [5.41, 5.74) is 4.26. The Morgan fingerprint density at radius 2 is 1.61 bits per heavy atom. The summed E-state index contributed by atoms with van der Waals surface area (Å²) in [6.45, 7) is 4.06. The zero-order valence-electron chi connectivity index (χ0n) is 13.1. The number of fused-ring (bicyclic) bond motifs is 1. The van der Waals surface area contributed by atoms with Crippen LogP contribution < -0.4 is 0 Å². The molecule has 0 spiro atoms. The van der Waals surface area contributed by atoms with E-state index in [0.717, 1.165) is 28.0 Å². The van der Waals surface area contributed by atoms with Crippen LogP contribution in [0.1, 0.15) is 11.3 Å². The van der Waals surface area contributed by atoms with Crippen molar-refractivity contribution in [3.63, 3.8) is 0 Å². The average Bonchev–Trinajstić information content (AvgIpc) is 3.06. The van der Waals surface area contributed by atoms with E-state index in [-0.39, 0.29) is 0 Å². The van der Waals surface area contributed by atoms with E-state index < -0.39 is 0 Å². The van der Waals surface area contributed by atoms with Crippen molar-refractivity contribution in [3.05, 3.63) is 72.4 Å². The molecule has 0 fully saturated rings. The Labute approximate surface area is 134 Å². The van der Waals surface area contributed by atoms with Crippen molar-refractivity contribution >= 4 is 10.8 Å². The maximum Gasteiger partial charge on any atom is 0.161 e. The van der Waals surface area contributed by atoms with Gasteiger partial charge in [0.2, 0.25) is 0 Å². The molecule has 0 atom stereocenters. The van der Waals surface area contributed by atoms with Gasteiger partial charge in [-0.05, 0) is 30.9 Å². The first kappa shape index (κ1) is 13.6. The van der Waals surface area contributed by atoms with Crippen molar-refractivity contribution in [1.29, 1.82) is 0 Å². The Balaban J connectivity index is 1.84. The van der Waals surface area contributed by atoms with Gasteiger partial charge in [0.15, 0.2) is 5.82 Å². The highest BCUT2D eigenvalue weighted by Crippen LogP contribution is 2.25. The predicted octanol–water partition coefficient (Wildman–Crippen LogP) is 4.10. The summed E-state index contributed by atoms with van der Waals surface area (Å²) in [7, 11) is 0. The molecule has 0 aliphatic carbocycles. The largest absolute Gasteiger partial charge is 0.261 e. The quantitative estimate of drug-likeness (QED) is 0.560. The summed E-state index contributed by atoms with van der Waals surface area (Å²) in [5, 5.41) is 6.79. The number of hydrogen-bond donors (Lipinski definition) is 0. The number of nitrogens with zero attached hydrogens (tertiary/aromatic N) is 4. The molecule has 0 amide bonds. The minimum atomic E-state index is 0.845. The van der Waals surface area contributed by atoms with Gasteiger partial charge in [0.05, 0.1) is 6.20 Å². The van der Waals surface area contributed by atoms with E-state index in [2.05, 4.69) is 40.2 Å². The lowest BCUT2D eigenvalue weighted by Gasteiger charge is -2.07. The fourth-order valence-corrected chi connectivity index (χ4v) is 2.73. The van der Waals surface area contributed by atoms with E-state index in [9.17, 15) is 0 Å². The van der Waals surface area contributed by atoms with Gasteiger partial charge in [-0.3, -0.25) is 4.98 Å². The Kier molecular flexibility index (Phi) is 3.15. The van der Waals surface area contributed by atoms with Crippen LogP contribution in [0.3, 0.4) is 0 Å². The van der Waals surface area contributed by atoms with Gasteiger partial charge in [-0.25, -0.2) is 9.67 Å². The Bertz CT molecular complexity index is 984. The van der Waals surface area contributed by atoms with E-state index in [1.54, 1.807) is 0 Å². The summed E-state index contributed by atoms with van der Waals surface area (Å²) in [5.74, 6) is 0.845. The number of aryl methyl sites for hydroxylation is 2. The van der Waals surface area contributed by atoms with Crippen LogP contribution >= 0.6 is 0 Å². The van der Waals surface area contributed by atoms with Crippen molar-refractivity contribution < 1.29 is 0 Å². The molecule has 0 radical (unpaired) electrons. The van der Waals surface area contributed by atoms with Crippen LogP contribution in [-0.4, -0.2) is 19.7 Å². The first-order valence-electron chi connectivity index (χ1n) is 7.55. The van der Waals surface area contributed by atoms with Crippen LogP contribution in [0.4, 0.5) is 0 Å². The monoisotopic (exact) mass is 300 g/mol. The number of hydrogen-bond acceptors (Lipinski definition) is 3. The molecule has 0 aliphatic rings. The molecule has 4 nitrogen and oxygen atoms in total. The molecule has 23 heavy (non-hydrogen) atoms. The highest BCUT2D eigenvalue weighted by atomic mass is 15.3. The third-order valence-corrected chi connectivity index (χ3v) is 4.02. The van der Waals surface area contributed by atoms with Crippen LogP contribution in [0.25, 0.3) is 27.7 Å². The normalized spacial score (nSPS) is 11.0. The van der Waals surface area contributed by atoms with Crippen molar-refractivity contribution in [2.24, 2.45) is 0 Å². The molecule has 0 saturated heterocycles. The van der Waals surface area contributed by atoms with Gasteiger partial charge in [0.1, 0.15) is 0 Å². The number of benzene rings is 1. The van der Waals surface area contributed by atoms with Crippen LogP contribution in [-0.2, 0) is 0 Å². The number of rotatable bonds is 2. The summed E-state index contributed by atoms with van der Waals surface area (Å²) in [6.07, 6.45) is 7.61. The molecule has 0 bridgehead atoms. The molecule has 3 aromatic heterocycles. The van der Waals surface area contributed by atoms with E-state index in [0.29, 0.717) is 0 Å². The minimum Gasteiger partial charge on any atom is -0.261 e. The molecule has 0 unspecified atom stereocenters. The SMILES string of the molecule is Cc1ccc(-c2cnn(-c3ncc(C)c4ccccc34)c2)cn1. The summed E-state index contributed by atoms with van der Waals surface area (Å²) >= 11 is 0. The van der Waals surface area contributed by atoms with E-state index in [1.165, 1.54) is 10.9 Å². The summed E-state index contributed by atoms with van der Waals surface area (Å²) in [6, 6.07) is 12.3. The lowest BCUT2D eigenvalue weighted by Crippen LogP contribution is -1.99. The number of aromatic nitrogens is 4. The Morgan fingerprint density at radius 1 is 0.783 bits per heavy atom. The first-order valence-corrected chi connectivity index (χ1v) is 7.55. The maximum absolute atomic E-state index is 4.58. The highest BCUT2D eigenvalue weighted by molar-refractivity contribution is 5.90. The van der Waals surface area contributed by atoms with Gasteiger partial charge in [-0.15, -0.1) is 0 Å². The summed E-state index contributed by atoms with van der Waals surface area (Å²) < 4.78 is 1.83. The van der Waals surface area contributed by atoms with Crippen LogP contribution in [0.5, 0.6) is 0 Å². The third-order valence-electron chi connectivity index (χ3n) is 4.02. The smallest absolute Gasteiger partial charge is 0.161 e. The van der Waals surface area contributed by atoms with Crippen LogP contribution in [0.2, 0.25) is 0 Å². The molecule has 4 rings (SSSR count). The Hall–Kier alpha value is -3.01. The van der Waals surface area contributed by atoms with Gasteiger partial charge in [0.25, 0.3) is 0 Å². The minimum absolute atomic E-state index is 0.845. The highest BCUT2D eigenvalue weighted by Gasteiger charge is 2.09. The number of pyridine rings is 2. The van der Waals surface area contributed by atoms with Crippen molar-refractivity contribution in [3.8, 4) is 16.9 Å². The molecule has 0 N–H and O–H groups in total. The molecule has 3 heterocycles. The fourth-order valence-electron chi connectivity index (χ4n) is 2.73. The Morgan fingerprint density at radius 3 is 2.39 bits per heavy atom. The van der Waals surface area contributed by atoms with Gasteiger partial charge >= 0.3 is 0 Å². The lowest BCUT2D eigenvalue weighted by molar-refractivity contribution is 0.855. The van der Waals surface area contributed by atoms with E-state index >= 15 is 0 Å². The van der Waals surface area contributed by atoms with Crippen molar-refractivity contribution in [2.75, 3.05) is 0 Å². The molecule has 112 valence electrons. The molecule has 0 aliphatic heterocycles. The van der Waals surface area contributed by atoms with Crippen molar-refractivity contribution in [1.82, 2.24) is 19.7 Å². The van der Waals surface area contributed by atoms with E-state index in [4.69, 9.17) is 0 Å². The fraction of sp³-hybridized carbons (Fsp3) is 0.105. The average molecular weight is 300 g/mol. The van der Waals surface area contributed by atoms with Gasteiger partial charge < -0.3 is 0 Å². The van der Waals surface area contributed by atoms with Gasteiger partial charge in [0, 0.05) is 40.8 Å². The molecule has 0 saturated carbocycles. The van der Waals surface area contributed by atoms with Gasteiger partial charge in [-0.1, -0.05) is 30.3 Å². The van der Waals surface area contributed by atoms with Gasteiger partial charge in [-0.2, -0.15) is 5.10 Å². The van der Waals surface area contributed by atoms with Crippen molar-refractivity contribution in [2.45, 2.75) is 13.8 Å². The standard InChI is InChI=1S/C19H16N4/c1-13-9-21-19(18-6-4-3-5-17(13)18)23-12-16(11-22-23)15-8-7-14(2)20-10-15/h3-12H,1-2H3. The third kappa shape index (κ3) is 2.38. The zero-order chi connectivity index (χ0) is 15.8.